The molecule has 0 fully saturated rings. The molecule has 3 heteroatoms. The molecule has 0 spiro atoms. The van der Waals surface area contributed by atoms with Gasteiger partial charge in [-0.2, -0.15) is 0 Å². The van der Waals surface area contributed by atoms with Crippen molar-refractivity contribution in [2.75, 3.05) is 12.0 Å². The average Bonchev–Trinajstić information content (AvgIpc) is 2.84. The van der Waals surface area contributed by atoms with Crippen LogP contribution in [0, 0.1) is 0 Å². The number of alkyl halides is 1. The predicted molar refractivity (Wildman–Crippen MR) is 142 cm³/mol. The molecule has 0 aliphatic carbocycles. The predicted octanol–water partition coefficient (Wildman–Crippen LogP) is 4.51. The third kappa shape index (κ3) is 7.48. The van der Waals surface area contributed by atoms with Gasteiger partial charge < -0.3 is 12.4 Å². The van der Waals surface area contributed by atoms with Gasteiger partial charge in [0.25, 0.3) is 0 Å². The summed E-state index contributed by atoms with van der Waals surface area (Å²) in [6.07, 6.45) is 14.8. The van der Waals surface area contributed by atoms with Gasteiger partial charge in [-0.3, -0.25) is 0 Å². The van der Waals surface area contributed by atoms with E-state index < -0.39 is 7.26 Å². The minimum absolute atomic E-state index is 0. The highest BCUT2D eigenvalue weighted by Gasteiger charge is 2.43. The monoisotopic (exact) mass is 484 g/mol. The molecule has 0 saturated heterocycles. The molecule has 3 aromatic rings. The summed E-state index contributed by atoms with van der Waals surface area (Å²) in [4.78, 5) is 0. The van der Waals surface area contributed by atoms with Crippen molar-refractivity contribution >= 4 is 34.8 Å². The van der Waals surface area contributed by atoms with Crippen LogP contribution in [0.5, 0.6) is 0 Å². The van der Waals surface area contributed by atoms with Crippen LogP contribution in [0.4, 0.5) is 0 Å². The first kappa shape index (κ1) is 26.7. The van der Waals surface area contributed by atoms with Crippen LogP contribution in [-0.2, 0) is 0 Å². The van der Waals surface area contributed by atoms with Crippen molar-refractivity contribution in [3.05, 3.63) is 103 Å². The summed E-state index contributed by atoms with van der Waals surface area (Å²) in [5.41, 5.74) is 0. The molecule has 3 rings (SSSR count). The van der Waals surface area contributed by atoms with Crippen molar-refractivity contribution in [2.45, 2.75) is 44.9 Å². The lowest BCUT2D eigenvalue weighted by atomic mass is 10.1. The normalized spacial score (nSPS) is 11.4. The van der Waals surface area contributed by atoms with E-state index in [2.05, 4.69) is 103 Å². The molecule has 0 aliphatic rings. The number of allylic oxidation sites excluding steroid dienone is 2. The Hall–Kier alpha value is -1.59. The highest BCUT2D eigenvalue weighted by molar-refractivity contribution is 7.95. The summed E-state index contributed by atoms with van der Waals surface area (Å²) >= 11 is 5.76. The van der Waals surface area contributed by atoms with E-state index in [1.165, 1.54) is 54.4 Å². The van der Waals surface area contributed by atoms with Gasteiger partial charge in [0.2, 0.25) is 0 Å². The summed E-state index contributed by atoms with van der Waals surface area (Å²) in [6.45, 7) is 0. The van der Waals surface area contributed by atoms with Gasteiger partial charge in [0.05, 0.1) is 6.16 Å². The van der Waals surface area contributed by atoms with Crippen LogP contribution in [0.1, 0.15) is 44.9 Å². The summed E-state index contributed by atoms with van der Waals surface area (Å²) in [5, 5.41) is 4.36. The Morgan fingerprint density at radius 2 is 0.938 bits per heavy atom. The molecule has 0 saturated carbocycles. The van der Waals surface area contributed by atoms with E-state index in [1.807, 2.05) is 0 Å². The largest absolute Gasteiger partial charge is 1.00 e. The lowest BCUT2D eigenvalue weighted by molar-refractivity contribution is -0.00000610. The second-order valence-corrected chi connectivity index (χ2v) is 12.0. The van der Waals surface area contributed by atoms with Crippen molar-refractivity contribution in [2.24, 2.45) is 0 Å². The van der Waals surface area contributed by atoms with Gasteiger partial charge in [0.15, 0.2) is 0 Å². The molecule has 0 nitrogen and oxygen atoms in total. The first-order chi connectivity index (χ1) is 15.4. The fourth-order valence-corrected chi connectivity index (χ4v) is 8.45. The van der Waals surface area contributed by atoms with E-state index in [9.17, 15) is 0 Å². The molecule has 0 atom stereocenters. The molecule has 0 heterocycles. The van der Waals surface area contributed by atoms with Crippen molar-refractivity contribution in [3.63, 3.8) is 0 Å². The average molecular weight is 485 g/mol. The summed E-state index contributed by atoms with van der Waals surface area (Å²) in [6, 6.07) is 33.4. The van der Waals surface area contributed by atoms with Crippen LogP contribution in [0.3, 0.4) is 0 Å². The van der Waals surface area contributed by atoms with Crippen LogP contribution in [0.15, 0.2) is 103 Å². The van der Waals surface area contributed by atoms with Gasteiger partial charge in [0, 0.05) is 5.88 Å². The van der Waals surface area contributed by atoms with Crippen molar-refractivity contribution in [1.82, 2.24) is 0 Å². The molecule has 0 bridgehead atoms. The van der Waals surface area contributed by atoms with Crippen molar-refractivity contribution < 1.29 is 12.4 Å². The molecule has 0 radical (unpaired) electrons. The second kappa shape index (κ2) is 15.3. The number of unbranched alkanes of at least 4 members (excludes halogenated alkanes) is 6. The Morgan fingerprint density at radius 3 is 1.38 bits per heavy atom. The summed E-state index contributed by atoms with van der Waals surface area (Å²) in [5.74, 6) is 0.803. The Kier molecular flexibility index (Phi) is 12.7. The lowest BCUT2D eigenvalue weighted by Gasteiger charge is -2.26. The van der Waals surface area contributed by atoms with Crippen LogP contribution in [0.25, 0.3) is 0 Å². The highest BCUT2D eigenvalue weighted by atomic mass is 35.5. The molecule has 0 aliphatic heterocycles. The van der Waals surface area contributed by atoms with Crippen molar-refractivity contribution in [3.8, 4) is 0 Å². The molecule has 0 unspecified atom stereocenters. The number of hydrogen-bond donors (Lipinski definition) is 0. The Bertz CT molecular complexity index is 782. The van der Waals surface area contributed by atoms with Crippen LogP contribution in [0.2, 0.25) is 0 Å². The Labute approximate surface area is 206 Å². The van der Waals surface area contributed by atoms with Crippen LogP contribution < -0.4 is 28.3 Å². The quantitative estimate of drug-likeness (QED) is 0.145. The third-order valence-corrected chi connectivity index (χ3v) is 10.5. The second-order valence-electron chi connectivity index (χ2n) is 8.07. The van der Waals surface area contributed by atoms with Gasteiger partial charge >= 0.3 is 0 Å². The van der Waals surface area contributed by atoms with Gasteiger partial charge in [0.1, 0.15) is 23.2 Å². The third-order valence-electron chi connectivity index (χ3n) is 5.89. The number of halogens is 2. The summed E-state index contributed by atoms with van der Waals surface area (Å²) < 4.78 is 0. The smallest absolute Gasteiger partial charge is 0.115 e. The molecule has 3 aromatic carbocycles. The SMILES string of the molecule is ClCCCCCCCCC=CC[P+](c1ccccc1)(c1ccccc1)c1ccccc1.[Cl-]. The van der Waals surface area contributed by atoms with E-state index >= 15 is 0 Å². The first-order valence-electron chi connectivity index (χ1n) is 11.6. The molecular weight excluding hydrogens is 450 g/mol. The van der Waals surface area contributed by atoms with Gasteiger partial charge in [-0.05, 0) is 55.7 Å². The number of hydrogen-bond acceptors (Lipinski definition) is 0. The molecule has 0 aromatic heterocycles. The van der Waals surface area contributed by atoms with Crippen LogP contribution >= 0.6 is 18.9 Å². The molecular formula is C29H35Cl2P. The van der Waals surface area contributed by atoms with E-state index in [0.717, 1.165) is 18.5 Å². The number of benzene rings is 3. The molecule has 0 N–H and O–H groups in total. The fraction of sp³-hybridized carbons (Fsp3) is 0.310. The van der Waals surface area contributed by atoms with Gasteiger partial charge in [-0.25, -0.2) is 0 Å². The number of rotatable bonds is 13. The maximum absolute atomic E-state index is 5.76. The van der Waals surface area contributed by atoms with Crippen molar-refractivity contribution in [1.29, 1.82) is 0 Å². The van der Waals surface area contributed by atoms with E-state index in [-0.39, 0.29) is 12.4 Å². The topological polar surface area (TPSA) is 0 Å². The molecule has 32 heavy (non-hydrogen) atoms. The minimum atomic E-state index is -1.73. The zero-order chi connectivity index (χ0) is 21.6. The zero-order valence-corrected chi connectivity index (χ0v) is 21.3. The van der Waals surface area contributed by atoms with E-state index in [1.54, 1.807) is 0 Å². The highest BCUT2D eigenvalue weighted by Crippen LogP contribution is 2.55. The first-order valence-corrected chi connectivity index (χ1v) is 14.1. The molecule has 0 amide bonds. The van der Waals surface area contributed by atoms with Gasteiger partial charge in [-0.1, -0.05) is 92.4 Å². The standard InChI is InChI=1S/C29H35ClP.ClH/c30-25-17-6-4-2-1-3-5-7-18-26-31(27-19-11-8-12-20-27,28-21-13-9-14-22-28)29-23-15-10-16-24-29;/h7-16,18-24H,1-6,17,25-26H2;1H/q+1;/p-1. The van der Waals surface area contributed by atoms with E-state index in [4.69, 9.17) is 11.6 Å². The zero-order valence-electron chi connectivity index (χ0n) is 18.9. The molecule has 170 valence electrons. The Morgan fingerprint density at radius 1 is 0.531 bits per heavy atom. The summed E-state index contributed by atoms with van der Waals surface area (Å²) in [7, 11) is -1.73. The van der Waals surface area contributed by atoms with Gasteiger partial charge in [-0.15, -0.1) is 11.6 Å². The maximum atomic E-state index is 5.76. The van der Waals surface area contributed by atoms with E-state index in [0.29, 0.717) is 0 Å². The fourth-order valence-electron chi connectivity index (χ4n) is 4.23. The minimum Gasteiger partial charge on any atom is -1.00 e. The lowest BCUT2D eigenvalue weighted by Crippen LogP contribution is -3.00. The maximum Gasteiger partial charge on any atom is 0.115 e. The Balaban J connectivity index is 0.00000363. The van der Waals surface area contributed by atoms with Crippen LogP contribution in [-0.4, -0.2) is 12.0 Å².